The van der Waals surface area contributed by atoms with Gasteiger partial charge in [-0.15, -0.1) is 0 Å². The Balaban J connectivity index is 2.08. The third kappa shape index (κ3) is 3.98. The number of carbonyl (C=O) groups excluding carboxylic acids is 1. The lowest BCUT2D eigenvalue weighted by Crippen LogP contribution is -2.17. The molecule has 0 atom stereocenters. The first-order valence-electron chi connectivity index (χ1n) is 8.41. The number of hydrogen-bond acceptors (Lipinski definition) is 4. The summed E-state index contributed by atoms with van der Waals surface area (Å²) in [7, 11) is 0. The van der Waals surface area contributed by atoms with Crippen LogP contribution in [0.25, 0.3) is 0 Å². The summed E-state index contributed by atoms with van der Waals surface area (Å²) in [5, 5.41) is 2.38. The molecule has 0 radical (unpaired) electrons. The topological polar surface area (TPSA) is 94.0 Å². The molecule has 5 N–H and O–H groups in total. The van der Waals surface area contributed by atoms with Crippen LogP contribution in [0, 0.1) is 30.2 Å². The number of benzene rings is 2. The van der Waals surface area contributed by atoms with Crippen molar-refractivity contribution in [1.29, 1.82) is 0 Å². The van der Waals surface area contributed by atoms with Crippen LogP contribution >= 0.6 is 0 Å². The van der Waals surface area contributed by atoms with Crippen LogP contribution in [0.5, 0.6) is 0 Å². The molecule has 0 aliphatic rings. The van der Waals surface area contributed by atoms with E-state index in [0.717, 1.165) is 6.07 Å². The minimum atomic E-state index is -1.45. The highest BCUT2D eigenvalue weighted by Gasteiger charge is 2.23. The van der Waals surface area contributed by atoms with E-state index in [1.807, 2.05) is 0 Å². The smallest absolute Gasteiger partial charge is 0.250 e. The molecule has 3 rings (SSSR count). The molecule has 5 nitrogen and oxygen atoms in total. The first kappa shape index (κ1) is 20.1. The number of carbonyl (C=O) groups is 1. The third-order valence-electron chi connectivity index (χ3n) is 4.31. The molecule has 0 spiro atoms. The largest absolute Gasteiger partial charge is 0.381 e. The molecule has 1 heterocycles. The van der Waals surface area contributed by atoms with Crippen molar-refractivity contribution in [2.75, 3.05) is 11.1 Å². The summed E-state index contributed by atoms with van der Waals surface area (Å²) in [6, 6.07) is 6.29. The number of amides is 1. The predicted molar refractivity (Wildman–Crippen MR) is 101 cm³/mol. The van der Waals surface area contributed by atoms with Crippen LogP contribution < -0.4 is 16.8 Å². The van der Waals surface area contributed by atoms with Crippen molar-refractivity contribution in [3.63, 3.8) is 0 Å². The monoisotopic (exact) mass is 404 g/mol. The molecule has 0 aliphatic heterocycles. The Morgan fingerprint density at radius 1 is 1.03 bits per heavy atom. The molecule has 9 heteroatoms. The maximum Gasteiger partial charge on any atom is 0.250 e. The highest BCUT2D eigenvalue weighted by Crippen LogP contribution is 2.31. The number of nitrogens with zero attached hydrogens (tertiary/aromatic N) is 1. The number of primary amides is 1. The summed E-state index contributed by atoms with van der Waals surface area (Å²) in [4.78, 5) is 15.4. The summed E-state index contributed by atoms with van der Waals surface area (Å²) in [6.07, 6.45) is 0.813. The Morgan fingerprint density at radius 2 is 1.76 bits per heavy atom. The Hall–Kier alpha value is -3.62. The van der Waals surface area contributed by atoms with Gasteiger partial charge in [-0.2, -0.15) is 0 Å². The lowest BCUT2D eigenvalue weighted by molar-refractivity contribution is 0.100. The average molecular weight is 404 g/mol. The van der Waals surface area contributed by atoms with E-state index in [-0.39, 0.29) is 16.8 Å². The molecule has 1 aromatic heterocycles. The Kier molecular flexibility index (Phi) is 5.40. The first-order chi connectivity index (χ1) is 13.7. The highest BCUT2D eigenvalue weighted by molar-refractivity contribution is 5.99. The minimum Gasteiger partial charge on any atom is -0.381 e. The molecule has 2 aromatic carbocycles. The quantitative estimate of drug-likeness (QED) is 0.561. The second-order valence-corrected chi connectivity index (χ2v) is 6.40. The lowest BCUT2D eigenvalue weighted by Gasteiger charge is -2.16. The number of halogens is 4. The molecule has 0 unspecified atom stereocenters. The number of nitrogen functional groups attached to an aromatic ring is 1. The molecule has 0 aliphatic carbocycles. The highest BCUT2D eigenvalue weighted by atomic mass is 19.2. The number of anilines is 3. The molecular weight excluding hydrogens is 388 g/mol. The van der Waals surface area contributed by atoms with Crippen LogP contribution in [0.15, 0.2) is 36.5 Å². The number of aryl methyl sites for hydroxylation is 1. The van der Waals surface area contributed by atoms with Gasteiger partial charge in [-0.3, -0.25) is 4.79 Å². The molecular formula is C20H16F4N4O. The van der Waals surface area contributed by atoms with Gasteiger partial charge in [-0.1, -0.05) is 6.07 Å². The summed E-state index contributed by atoms with van der Waals surface area (Å²) in [6.45, 7) is 1.65. The van der Waals surface area contributed by atoms with Crippen LogP contribution in [-0.4, -0.2) is 10.9 Å². The van der Waals surface area contributed by atoms with Gasteiger partial charge in [0.05, 0.1) is 16.9 Å². The van der Waals surface area contributed by atoms with Crippen molar-refractivity contribution >= 4 is 23.1 Å². The molecule has 0 bridgehead atoms. The van der Waals surface area contributed by atoms with Gasteiger partial charge in [0.25, 0.3) is 5.91 Å². The van der Waals surface area contributed by atoms with Gasteiger partial charge in [-0.25, -0.2) is 22.5 Å². The van der Waals surface area contributed by atoms with Crippen molar-refractivity contribution < 1.29 is 22.4 Å². The number of pyridine rings is 1. The van der Waals surface area contributed by atoms with Gasteiger partial charge in [0.2, 0.25) is 0 Å². The van der Waals surface area contributed by atoms with E-state index in [4.69, 9.17) is 11.5 Å². The molecule has 0 fully saturated rings. The molecule has 150 valence electrons. The molecule has 29 heavy (non-hydrogen) atoms. The molecule has 1 amide bonds. The number of aromatic nitrogens is 1. The van der Waals surface area contributed by atoms with Gasteiger partial charge in [0.1, 0.15) is 5.82 Å². The lowest BCUT2D eigenvalue weighted by atomic mass is 10.00. The summed E-state index contributed by atoms with van der Waals surface area (Å²) >= 11 is 0. The first-order valence-corrected chi connectivity index (χ1v) is 8.41. The predicted octanol–water partition coefficient (Wildman–Crippen LogP) is 3.96. The molecule has 0 saturated heterocycles. The van der Waals surface area contributed by atoms with E-state index in [9.17, 15) is 22.4 Å². The van der Waals surface area contributed by atoms with Crippen molar-refractivity contribution in [3.05, 3.63) is 82.1 Å². The van der Waals surface area contributed by atoms with E-state index >= 15 is 0 Å². The second kappa shape index (κ2) is 7.78. The summed E-state index contributed by atoms with van der Waals surface area (Å²) < 4.78 is 57.6. The SMILES string of the molecule is Cc1ccc(Nc2c(C(N)=O)cc(Cc3ccnc(N)c3F)c(F)c2F)c(F)c1. The van der Waals surface area contributed by atoms with E-state index in [1.54, 1.807) is 13.0 Å². The van der Waals surface area contributed by atoms with Crippen molar-refractivity contribution in [2.45, 2.75) is 13.3 Å². The van der Waals surface area contributed by atoms with Crippen molar-refractivity contribution in [2.24, 2.45) is 5.73 Å². The Bertz CT molecular complexity index is 1120. The zero-order valence-corrected chi connectivity index (χ0v) is 15.2. The average Bonchev–Trinajstić information content (AvgIpc) is 2.66. The van der Waals surface area contributed by atoms with Crippen LogP contribution in [0.1, 0.15) is 27.0 Å². The van der Waals surface area contributed by atoms with Crippen LogP contribution in [-0.2, 0) is 6.42 Å². The fraction of sp³-hybridized carbons (Fsp3) is 0.100. The fourth-order valence-corrected chi connectivity index (χ4v) is 2.82. The van der Waals surface area contributed by atoms with Gasteiger partial charge in [0.15, 0.2) is 23.3 Å². The zero-order valence-electron chi connectivity index (χ0n) is 15.2. The Labute approximate surface area is 163 Å². The second-order valence-electron chi connectivity index (χ2n) is 6.40. The maximum atomic E-state index is 14.8. The van der Waals surface area contributed by atoms with E-state index in [2.05, 4.69) is 10.3 Å². The van der Waals surface area contributed by atoms with Gasteiger partial charge >= 0.3 is 0 Å². The minimum absolute atomic E-state index is 0.0449. The number of nitrogens with two attached hydrogens (primary N) is 2. The van der Waals surface area contributed by atoms with E-state index < -0.39 is 52.7 Å². The third-order valence-corrected chi connectivity index (χ3v) is 4.31. The Morgan fingerprint density at radius 3 is 2.41 bits per heavy atom. The van der Waals surface area contributed by atoms with Crippen molar-refractivity contribution in [3.8, 4) is 0 Å². The van der Waals surface area contributed by atoms with Crippen LogP contribution in [0.4, 0.5) is 34.8 Å². The number of rotatable bonds is 5. The van der Waals surface area contributed by atoms with Gasteiger partial charge in [0, 0.05) is 12.6 Å². The number of nitrogens with one attached hydrogen (secondary N) is 1. The van der Waals surface area contributed by atoms with E-state index in [1.165, 1.54) is 24.4 Å². The van der Waals surface area contributed by atoms with Crippen LogP contribution in [0.2, 0.25) is 0 Å². The number of hydrogen-bond donors (Lipinski definition) is 3. The summed E-state index contributed by atoms with van der Waals surface area (Å²) in [5.41, 5.74) is 9.73. The summed E-state index contributed by atoms with van der Waals surface area (Å²) in [5.74, 6) is -5.85. The van der Waals surface area contributed by atoms with Gasteiger partial charge < -0.3 is 16.8 Å². The fourth-order valence-electron chi connectivity index (χ4n) is 2.82. The van der Waals surface area contributed by atoms with Crippen molar-refractivity contribution in [1.82, 2.24) is 4.98 Å². The van der Waals surface area contributed by atoms with Gasteiger partial charge in [-0.05, 0) is 47.9 Å². The normalized spacial score (nSPS) is 10.8. The zero-order chi connectivity index (χ0) is 21.3. The maximum absolute atomic E-state index is 14.8. The molecule has 3 aromatic rings. The van der Waals surface area contributed by atoms with E-state index in [0.29, 0.717) is 5.56 Å². The standard InChI is InChI=1S/C20H16F4N4O/c1-9-2-3-14(13(21)6-9)28-18-12(20(26)29)8-11(15(22)17(18)24)7-10-4-5-27-19(25)16(10)23/h2-6,8,28H,7H2,1H3,(H2,25,27)(H2,26,29). The molecule has 0 saturated carbocycles. The van der Waals surface area contributed by atoms with Crippen LogP contribution in [0.3, 0.4) is 0 Å².